The molecule has 1 aliphatic rings. The first-order valence-corrected chi connectivity index (χ1v) is 4.73. The fraction of sp³-hybridized carbons (Fsp3) is 0.462. The first kappa shape index (κ1) is 3.56. The molecular formula is C13H16ClNO. The highest BCUT2D eigenvalue weighted by molar-refractivity contribution is 6.31. The van der Waals surface area contributed by atoms with Crippen LogP contribution in [0, 0.1) is 0 Å². The van der Waals surface area contributed by atoms with Crippen molar-refractivity contribution in [3.63, 3.8) is 0 Å². The van der Waals surface area contributed by atoms with E-state index in [9.17, 15) is 4.79 Å². The van der Waals surface area contributed by atoms with Gasteiger partial charge in [-0.25, -0.2) is 0 Å². The quantitative estimate of drug-likeness (QED) is 0.875. The Labute approximate surface area is 119 Å². The number of halogens is 1. The van der Waals surface area contributed by atoms with Gasteiger partial charge in [-0.05, 0) is 31.3 Å². The molecule has 0 amide bonds. The summed E-state index contributed by atoms with van der Waals surface area (Å²) in [5, 5.41) is 0.841. The molecule has 0 bridgehead atoms. The summed E-state index contributed by atoms with van der Waals surface area (Å²) in [6.45, 7) is -3.29. The zero-order valence-corrected chi connectivity index (χ0v) is 8.75. The first-order chi connectivity index (χ1) is 12.8. The molecule has 1 aromatic rings. The third-order valence-corrected chi connectivity index (χ3v) is 2.49. The number of carbonyl (C=O) groups is 1. The Bertz CT molecular complexity index is 851. The van der Waals surface area contributed by atoms with Crippen LogP contribution in [0.4, 0.5) is 0 Å². The molecule has 0 saturated heterocycles. The Kier molecular flexibility index (Phi) is 1.02. The highest BCUT2D eigenvalue weighted by atomic mass is 35.5. The van der Waals surface area contributed by atoms with E-state index in [1.54, 1.807) is 5.32 Å². The Morgan fingerprint density at radius 2 is 2.38 bits per heavy atom. The molecule has 1 aliphatic carbocycles. The molecule has 0 spiro atoms. The van der Waals surface area contributed by atoms with Crippen LogP contribution in [-0.2, 0) is 10.3 Å². The summed E-state index contributed by atoms with van der Waals surface area (Å²) in [5.74, 6) is -1.45. The van der Waals surface area contributed by atoms with E-state index in [1.165, 1.54) is 0 Å². The van der Waals surface area contributed by atoms with Gasteiger partial charge in [0.05, 0.1) is 5.48 Å². The molecule has 0 heterocycles. The maximum atomic E-state index is 13.1. The van der Waals surface area contributed by atoms with Crippen molar-refractivity contribution >= 4 is 17.4 Å². The zero-order chi connectivity index (χ0) is 23.0. The second-order valence-electron chi connectivity index (χ2n) is 3.09. The van der Waals surface area contributed by atoms with Crippen LogP contribution in [0.2, 0.25) is 5.02 Å². The minimum Gasteiger partial charge on any atom is -0.304 e. The molecule has 1 fully saturated rings. The molecule has 1 atom stereocenters. The maximum absolute atomic E-state index is 13.1. The predicted molar refractivity (Wildman–Crippen MR) is 65.7 cm³/mol. The summed E-state index contributed by atoms with van der Waals surface area (Å²) in [6.07, 6.45) is -11.4. The van der Waals surface area contributed by atoms with Gasteiger partial charge in [0.2, 0.25) is 0 Å². The van der Waals surface area contributed by atoms with Crippen LogP contribution in [0.15, 0.2) is 24.2 Å². The van der Waals surface area contributed by atoms with Crippen molar-refractivity contribution in [1.82, 2.24) is 5.32 Å². The molecule has 86 valence electrons. The average molecular weight is 251 g/mol. The number of benzene rings is 1. The number of ketones is 1. The highest BCUT2D eigenvalue weighted by Crippen LogP contribution is 2.37. The second-order valence-corrected chi connectivity index (χ2v) is 3.47. The molecule has 3 heteroatoms. The Balaban J connectivity index is 3.09. The van der Waals surface area contributed by atoms with Gasteiger partial charge < -0.3 is 5.32 Å². The molecule has 0 aliphatic heterocycles. The van der Waals surface area contributed by atoms with Gasteiger partial charge in [0, 0.05) is 23.8 Å². The van der Waals surface area contributed by atoms with E-state index in [2.05, 4.69) is 0 Å². The minimum absolute atomic E-state index is 0.824. The summed E-state index contributed by atoms with van der Waals surface area (Å²) in [6, 6.07) is -3.69. The molecular weight excluding hydrogens is 222 g/mol. The molecule has 1 saturated carbocycles. The van der Waals surface area contributed by atoms with Gasteiger partial charge in [0.1, 0.15) is 5.54 Å². The fourth-order valence-electron chi connectivity index (χ4n) is 1.39. The maximum Gasteiger partial charge on any atom is 0.157 e. The molecule has 0 aromatic heterocycles. The number of nitrogens with one attached hydrogen (secondary N) is 1. The molecule has 2 rings (SSSR count). The van der Waals surface area contributed by atoms with Crippen LogP contribution < -0.4 is 5.32 Å². The lowest BCUT2D eigenvalue weighted by atomic mass is 9.75. The zero-order valence-electron chi connectivity index (χ0n) is 21.0. The number of Topliss-reactive ketones (excluding diaryl/α,β-unsaturated/α-hetero) is 1. The average Bonchev–Trinajstić information content (AvgIpc) is 2.54. The van der Waals surface area contributed by atoms with Crippen LogP contribution >= 0.6 is 11.6 Å². The van der Waals surface area contributed by atoms with Gasteiger partial charge >= 0.3 is 0 Å². The van der Waals surface area contributed by atoms with Crippen molar-refractivity contribution in [2.45, 2.75) is 31.1 Å². The summed E-state index contributed by atoms with van der Waals surface area (Å²) in [5.41, 5.74) is -4.21. The standard InChI is InChI=1S/C13H16ClNO/c1-15-13(9-5-4-8-12(13)16)10-6-2-3-7-11(10)14/h2-3,6-7,15H,4-5,8-9H2,1H3/i1D3,2D,3D,4D2,5D2,6D,7D,9D2. The SMILES string of the molecule is [2H]c1c([2H])c([2H])c(C2(NC([2H])([2H])[2H])C(=O)CC([2H])([2H])C([2H])([2H])C2([2H])[2H])c(Cl)c1[2H]. The Morgan fingerprint density at radius 3 is 3.19 bits per heavy atom. The lowest BCUT2D eigenvalue weighted by molar-refractivity contribution is -0.127. The van der Waals surface area contributed by atoms with Crippen molar-refractivity contribution < 1.29 is 22.6 Å². The normalized spacial score (nSPS) is 47.8. The van der Waals surface area contributed by atoms with E-state index in [0.717, 1.165) is 0 Å². The lowest BCUT2D eigenvalue weighted by Crippen LogP contribution is -2.49. The third-order valence-electron chi connectivity index (χ3n) is 2.21. The van der Waals surface area contributed by atoms with Crippen molar-refractivity contribution in [1.29, 1.82) is 0 Å². The third kappa shape index (κ3) is 1.76. The van der Waals surface area contributed by atoms with Crippen LogP contribution in [0.25, 0.3) is 0 Å². The Morgan fingerprint density at radius 1 is 1.56 bits per heavy atom. The largest absolute Gasteiger partial charge is 0.304 e. The van der Waals surface area contributed by atoms with E-state index < -0.39 is 78.6 Å². The minimum atomic E-state index is -3.63. The second kappa shape index (κ2) is 4.56. The van der Waals surface area contributed by atoms with E-state index >= 15 is 0 Å². The van der Waals surface area contributed by atoms with Gasteiger partial charge in [-0.2, -0.15) is 0 Å². The predicted octanol–water partition coefficient (Wildman–Crippen LogP) is 2.90. The lowest BCUT2D eigenvalue weighted by Gasteiger charge is -2.36. The van der Waals surface area contributed by atoms with Crippen LogP contribution in [0.3, 0.4) is 0 Å². The van der Waals surface area contributed by atoms with Crippen molar-refractivity contribution in [3.8, 4) is 0 Å². The number of likely N-dealkylation sites (N-methyl/N-ethyl adjacent to an activating group) is 1. The topological polar surface area (TPSA) is 29.1 Å². The van der Waals surface area contributed by atoms with Crippen LogP contribution in [-0.4, -0.2) is 12.8 Å². The van der Waals surface area contributed by atoms with Crippen molar-refractivity contribution in [2.24, 2.45) is 0 Å². The molecule has 0 radical (unpaired) electrons. The summed E-state index contributed by atoms with van der Waals surface area (Å²) < 4.78 is 102. The fourth-order valence-corrected chi connectivity index (χ4v) is 1.62. The molecule has 16 heavy (non-hydrogen) atoms. The monoisotopic (exact) mass is 250 g/mol. The van der Waals surface area contributed by atoms with Gasteiger partial charge in [-0.3, -0.25) is 4.79 Å². The Hall–Kier alpha value is -0.860. The van der Waals surface area contributed by atoms with Crippen LogP contribution in [0.5, 0.6) is 0 Å². The summed E-state index contributed by atoms with van der Waals surface area (Å²) in [4.78, 5) is 13.1. The number of hydrogen-bond donors (Lipinski definition) is 1. The number of rotatable bonds is 2. The van der Waals surface area contributed by atoms with Gasteiger partial charge in [-0.1, -0.05) is 36.1 Å². The number of hydrogen-bond acceptors (Lipinski definition) is 2. The number of carbonyl (C=O) groups excluding carboxylic acids is 1. The molecule has 1 aromatic carbocycles. The van der Waals surface area contributed by atoms with Gasteiger partial charge in [-0.15, -0.1) is 0 Å². The van der Waals surface area contributed by atoms with Crippen LogP contribution in [0.1, 0.15) is 48.9 Å². The summed E-state index contributed by atoms with van der Waals surface area (Å²) >= 11 is 6.01. The van der Waals surface area contributed by atoms with Crippen molar-refractivity contribution in [2.75, 3.05) is 6.98 Å². The molecule has 1 N–H and O–H groups in total. The van der Waals surface area contributed by atoms with Gasteiger partial charge in [0.25, 0.3) is 0 Å². The first-order valence-electron chi connectivity index (χ1n) is 10.9. The van der Waals surface area contributed by atoms with Gasteiger partial charge in [0.15, 0.2) is 5.78 Å². The summed E-state index contributed by atoms with van der Waals surface area (Å²) in [7, 11) is 0. The smallest absolute Gasteiger partial charge is 0.157 e. The van der Waals surface area contributed by atoms with E-state index in [4.69, 9.17) is 29.4 Å². The molecule has 1 unspecified atom stereocenters. The highest BCUT2D eigenvalue weighted by Gasteiger charge is 2.40. The van der Waals surface area contributed by atoms with Crippen molar-refractivity contribution in [3.05, 3.63) is 34.8 Å². The molecule has 2 nitrogen and oxygen atoms in total. The van der Waals surface area contributed by atoms with E-state index in [-0.39, 0.29) is 0 Å². The van der Waals surface area contributed by atoms with E-state index in [0.29, 0.717) is 0 Å². The van der Waals surface area contributed by atoms with E-state index in [1.807, 2.05) is 0 Å².